The molecular formula is C21H20N4O3S. The third kappa shape index (κ3) is 4.07. The minimum atomic E-state index is -0.522. The fourth-order valence-corrected chi connectivity index (χ4v) is 3.69. The SMILES string of the molecule is CCn1cnc2cc(NC(=O)OCc3cc(-c4ccccc4OC)ns3)ccc21. The van der Waals surface area contributed by atoms with Crippen LogP contribution in [0.4, 0.5) is 10.5 Å². The Bertz CT molecular complexity index is 1150. The van der Waals surface area contributed by atoms with Gasteiger partial charge in [-0.05, 0) is 54.9 Å². The van der Waals surface area contributed by atoms with Crippen molar-refractivity contribution in [3.05, 3.63) is 59.7 Å². The van der Waals surface area contributed by atoms with Crippen LogP contribution in [-0.4, -0.2) is 27.1 Å². The van der Waals surface area contributed by atoms with Crippen LogP contribution in [0.3, 0.4) is 0 Å². The van der Waals surface area contributed by atoms with E-state index in [1.54, 1.807) is 13.4 Å². The number of fused-ring (bicyclic) bond motifs is 1. The zero-order chi connectivity index (χ0) is 20.2. The lowest BCUT2D eigenvalue weighted by Gasteiger charge is -2.06. The second-order valence-electron chi connectivity index (χ2n) is 6.31. The molecule has 0 unspecified atom stereocenters. The smallest absolute Gasteiger partial charge is 0.411 e. The minimum Gasteiger partial charge on any atom is -0.496 e. The largest absolute Gasteiger partial charge is 0.496 e. The molecular weight excluding hydrogens is 388 g/mol. The van der Waals surface area contributed by atoms with Crippen LogP contribution in [0.5, 0.6) is 5.75 Å². The van der Waals surface area contributed by atoms with Gasteiger partial charge in [-0.3, -0.25) is 5.32 Å². The van der Waals surface area contributed by atoms with Crippen molar-refractivity contribution in [1.82, 2.24) is 13.9 Å². The van der Waals surface area contributed by atoms with Crippen LogP contribution < -0.4 is 10.1 Å². The van der Waals surface area contributed by atoms with E-state index in [2.05, 4.69) is 21.6 Å². The lowest BCUT2D eigenvalue weighted by Crippen LogP contribution is -2.13. The fourth-order valence-electron chi connectivity index (χ4n) is 3.05. The number of hydrogen-bond acceptors (Lipinski definition) is 6. The van der Waals surface area contributed by atoms with E-state index in [0.29, 0.717) is 5.69 Å². The van der Waals surface area contributed by atoms with E-state index in [1.807, 2.05) is 53.1 Å². The maximum absolute atomic E-state index is 12.2. The number of nitrogens with one attached hydrogen (secondary N) is 1. The van der Waals surface area contributed by atoms with E-state index >= 15 is 0 Å². The highest BCUT2D eigenvalue weighted by Crippen LogP contribution is 2.30. The summed E-state index contributed by atoms with van der Waals surface area (Å²) in [6.07, 6.45) is 1.27. The number of ether oxygens (including phenoxy) is 2. The fraction of sp³-hybridized carbons (Fsp3) is 0.190. The molecule has 0 aliphatic rings. The molecule has 4 rings (SSSR count). The van der Waals surface area contributed by atoms with Gasteiger partial charge in [0, 0.05) is 17.8 Å². The molecule has 7 nitrogen and oxygen atoms in total. The lowest BCUT2D eigenvalue weighted by molar-refractivity contribution is 0.156. The van der Waals surface area contributed by atoms with Crippen molar-refractivity contribution < 1.29 is 14.3 Å². The Morgan fingerprint density at radius 1 is 1.21 bits per heavy atom. The summed E-state index contributed by atoms with van der Waals surface area (Å²) >= 11 is 1.30. The number of amides is 1. The topological polar surface area (TPSA) is 78.3 Å². The molecule has 8 heteroatoms. The molecule has 0 saturated heterocycles. The number of aromatic nitrogens is 3. The molecule has 1 N–H and O–H groups in total. The Balaban J connectivity index is 1.38. The average molecular weight is 408 g/mol. The van der Waals surface area contributed by atoms with Gasteiger partial charge in [0.1, 0.15) is 12.4 Å². The molecule has 0 aliphatic carbocycles. The predicted octanol–water partition coefficient (Wildman–Crippen LogP) is 4.94. The van der Waals surface area contributed by atoms with Crippen molar-refractivity contribution in [2.24, 2.45) is 0 Å². The molecule has 0 spiro atoms. The maximum atomic E-state index is 12.2. The Labute approximate surface area is 172 Å². The van der Waals surface area contributed by atoms with Crippen LogP contribution in [0.1, 0.15) is 11.8 Å². The Hall–Kier alpha value is -3.39. The number of hydrogen-bond donors (Lipinski definition) is 1. The van der Waals surface area contributed by atoms with Gasteiger partial charge in [-0.15, -0.1) is 0 Å². The van der Waals surface area contributed by atoms with Crippen molar-refractivity contribution in [2.75, 3.05) is 12.4 Å². The Morgan fingerprint density at radius 2 is 2.07 bits per heavy atom. The summed E-state index contributed by atoms with van der Waals surface area (Å²) in [5.41, 5.74) is 4.20. The molecule has 0 aliphatic heterocycles. The van der Waals surface area contributed by atoms with Gasteiger partial charge in [-0.2, -0.15) is 4.37 Å². The van der Waals surface area contributed by atoms with Crippen molar-refractivity contribution in [3.63, 3.8) is 0 Å². The zero-order valence-corrected chi connectivity index (χ0v) is 16.9. The van der Waals surface area contributed by atoms with E-state index in [4.69, 9.17) is 9.47 Å². The van der Waals surface area contributed by atoms with E-state index < -0.39 is 6.09 Å². The summed E-state index contributed by atoms with van der Waals surface area (Å²) in [6.45, 7) is 3.05. The number of rotatable bonds is 6. The molecule has 2 heterocycles. The van der Waals surface area contributed by atoms with Crippen LogP contribution in [-0.2, 0) is 17.9 Å². The third-order valence-corrected chi connectivity index (χ3v) is 5.25. The number of nitrogens with zero attached hydrogens (tertiary/aromatic N) is 3. The first-order valence-electron chi connectivity index (χ1n) is 9.15. The zero-order valence-electron chi connectivity index (χ0n) is 16.1. The highest BCUT2D eigenvalue weighted by atomic mass is 32.1. The van der Waals surface area contributed by atoms with Crippen LogP contribution in [0, 0.1) is 0 Å². The lowest BCUT2D eigenvalue weighted by atomic mass is 10.1. The van der Waals surface area contributed by atoms with Gasteiger partial charge in [0.15, 0.2) is 0 Å². The van der Waals surface area contributed by atoms with Crippen molar-refractivity contribution in [2.45, 2.75) is 20.1 Å². The molecule has 2 aromatic carbocycles. The first-order valence-corrected chi connectivity index (χ1v) is 9.93. The molecule has 148 valence electrons. The number of methoxy groups -OCH3 is 1. The normalized spacial score (nSPS) is 10.8. The number of carbonyl (C=O) groups is 1. The molecule has 0 saturated carbocycles. The predicted molar refractivity (Wildman–Crippen MR) is 113 cm³/mol. The first kappa shape index (κ1) is 18.9. The van der Waals surface area contributed by atoms with Gasteiger partial charge < -0.3 is 14.0 Å². The van der Waals surface area contributed by atoms with Crippen LogP contribution in [0.2, 0.25) is 0 Å². The highest BCUT2D eigenvalue weighted by molar-refractivity contribution is 7.06. The molecule has 4 aromatic rings. The van der Waals surface area contributed by atoms with Gasteiger partial charge in [0.2, 0.25) is 0 Å². The van der Waals surface area contributed by atoms with E-state index in [0.717, 1.165) is 39.5 Å². The monoisotopic (exact) mass is 408 g/mol. The minimum absolute atomic E-state index is 0.144. The summed E-state index contributed by atoms with van der Waals surface area (Å²) in [5, 5.41) is 2.74. The van der Waals surface area contributed by atoms with Crippen molar-refractivity contribution in [3.8, 4) is 17.0 Å². The van der Waals surface area contributed by atoms with Crippen LogP contribution in [0.15, 0.2) is 54.9 Å². The second kappa shape index (κ2) is 8.32. The molecule has 1 amide bonds. The number of anilines is 1. The van der Waals surface area contributed by atoms with Gasteiger partial charge in [0.05, 0.1) is 35.0 Å². The van der Waals surface area contributed by atoms with E-state index in [9.17, 15) is 4.79 Å². The summed E-state index contributed by atoms with van der Waals surface area (Å²) in [5.74, 6) is 0.754. The summed E-state index contributed by atoms with van der Waals surface area (Å²) in [4.78, 5) is 17.4. The Morgan fingerprint density at radius 3 is 2.90 bits per heavy atom. The van der Waals surface area contributed by atoms with Crippen molar-refractivity contribution >= 4 is 34.3 Å². The summed E-state index contributed by atoms with van der Waals surface area (Å²) in [6, 6.07) is 15.2. The number of imidazole rings is 1. The van der Waals surface area contributed by atoms with Crippen LogP contribution >= 0.6 is 11.5 Å². The van der Waals surface area contributed by atoms with Gasteiger partial charge in [-0.25, -0.2) is 9.78 Å². The molecule has 0 bridgehead atoms. The standard InChI is InChI=1S/C21H20N4O3S/c1-3-25-13-22-18-10-14(8-9-19(18)25)23-21(26)28-12-15-11-17(24-29-15)16-6-4-5-7-20(16)27-2/h4-11,13H,3,12H2,1-2H3,(H,23,26). The van der Waals surface area contributed by atoms with Gasteiger partial charge >= 0.3 is 6.09 Å². The number of aryl methyl sites for hydroxylation is 1. The number of para-hydroxylation sites is 1. The van der Waals surface area contributed by atoms with Gasteiger partial charge in [-0.1, -0.05) is 12.1 Å². The maximum Gasteiger partial charge on any atom is 0.411 e. The Kier molecular flexibility index (Phi) is 5.44. The van der Waals surface area contributed by atoms with E-state index in [1.165, 1.54) is 11.5 Å². The third-order valence-electron chi connectivity index (χ3n) is 4.50. The van der Waals surface area contributed by atoms with Crippen molar-refractivity contribution in [1.29, 1.82) is 0 Å². The highest BCUT2D eigenvalue weighted by Gasteiger charge is 2.12. The first-order chi connectivity index (χ1) is 14.2. The second-order valence-corrected chi connectivity index (χ2v) is 7.20. The molecule has 29 heavy (non-hydrogen) atoms. The number of carbonyl (C=O) groups excluding carboxylic acids is 1. The van der Waals surface area contributed by atoms with E-state index in [-0.39, 0.29) is 6.61 Å². The molecule has 0 atom stereocenters. The quantitative estimate of drug-likeness (QED) is 0.489. The van der Waals surface area contributed by atoms with Crippen LogP contribution in [0.25, 0.3) is 22.3 Å². The number of benzene rings is 2. The molecule has 0 radical (unpaired) electrons. The van der Waals surface area contributed by atoms with Gasteiger partial charge in [0.25, 0.3) is 0 Å². The molecule has 2 aromatic heterocycles. The molecule has 0 fully saturated rings. The summed E-state index contributed by atoms with van der Waals surface area (Å²) < 4.78 is 17.2. The average Bonchev–Trinajstić information content (AvgIpc) is 3.38. The summed E-state index contributed by atoms with van der Waals surface area (Å²) in [7, 11) is 1.63.